The molecule has 0 aromatic heterocycles. The van der Waals surface area contributed by atoms with E-state index in [9.17, 15) is 0 Å². The van der Waals surface area contributed by atoms with E-state index in [4.69, 9.17) is 5.73 Å². The molecule has 0 amide bonds. The van der Waals surface area contributed by atoms with E-state index in [1.54, 1.807) is 0 Å². The van der Waals surface area contributed by atoms with Gasteiger partial charge >= 0.3 is 0 Å². The lowest BCUT2D eigenvalue weighted by molar-refractivity contribution is 0.305. The standard InChI is InChI=1S/C12H25N/c1-9(10-5-6-10)11(13)7-8-12(2,3)4/h9-11H,5-8,13H2,1-4H3. The first-order valence-electron chi connectivity index (χ1n) is 5.66. The molecule has 0 radical (unpaired) electrons. The van der Waals surface area contributed by atoms with Gasteiger partial charge in [0.15, 0.2) is 0 Å². The lowest BCUT2D eigenvalue weighted by Crippen LogP contribution is -2.30. The lowest BCUT2D eigenvalue weighted by atomic mass is 9.85. The van der Waals surface area contributed by atoms with Crippen LogP contribution in [0.3, 0.4) is 0 Å². The minimum absolute atomic E-state index is 0.437. The average molecular weight is 183 g/mol. The number of rotatable bonds is 4. The van der Waals surface area contributed by atoms with Gasteiger partial charge < -0.3 is 5.73 Å². The van der Waals surface area contributed by atoms with Gasteiger partial charge in [0.1, 0.15) is 0 Å². The minimum atomic E-state index is 0.437. The van der Waals surface area contributed by atoms with Crippen molar-refractivity contribution in [3.8, 4) is 0 Å². The van der Waals surface area contributed by atoms with Crippen molar-refractivity contribution < 1.29 is 0 Å². The van der Waals surface area contributed by atoms with Crippen LogP contribution < -0.4 is 5.73 Å². The quantitative estimate of drug-likeness (QED) is 0.711. The molecule has 0 spiro atoms. The molecule has 0 aromatic carbocycles. The fraction of sp³-hybridized carbons (Fsp3) is 1.00. The van der Waals surface area contributed by atoms with Gasteiger partial charge in [-0.2, -0.15) is 0 Å². The summed E-state index contributed by atoms with van der Waals surface area (Å²) in [5.41, 5.74) is 6.61. The Morgan fingerprint density at radius 3 is 2.23 bits per heavy atom. The molecule has 0 saturated heterocycles. The molecule has 1 aliphatic carbocycles. The van der Waals surface area contributed by atoms with Gasteiger partial charge in [-0.3, -0.25) is 0 Å². The van der Waals surface area contributed by atoms with E-state index in [-0.39, 0.29) is 0 Å². The maximum Gasteiger partial charge on any atom is 0.00673 e. The third kappa shape index (κ3) is 4.12. The van der Waals surface area contributed by atoms with Crippen molar-refractivity contribution in [2.24, 2.45) is 23.0 Å². The average Bonchev–Trinajstić information content (AvgIpc) is 2.79. The number of hydrogen-bond donors (Lipinski definition) is 1. The Hall–Kier alpha value is -0.0400. The summed E-state index contributed by atoms with van der Waals surface area (Å²) in [7, 11) is 0. The Bertz CT molecular complexity index is 153. The fourth-order valence-electron chi connectivity index (χ4n) is 1.83. The zero-order valence-corrected chi connectivity index (χ0v) is 9.64. The van der Waals surface area contributed by atoms with E-state index in [1.165, 1.54) is 25.7 Å². The van der Waals surface area contributed by atoms with E-state index in [2.05, 4.69) is 27.7 Å². The minimum Gasteiger partial charge on any atom is -0.327 e. The largest absolute Gasteiger partial charge is 0.327 e. The Morgan fingerprint density at radius 2 is 1.85 bits per heavy atom. The summed E-state index contributed by atoms with van der Waals surface area (Å²) >= 11 is 0. The Morgan fingerprint density at radius 1 is 1.31 bits per heavy atom. The second-order valence-electron chi connectivity index (χ2n) is 5.96. The highest BCUT2D eigenvalue weighted by Gasteiger charge is 2.31. The zero-order chi connectivity index (χ0) is 10.1. The van der Waals surface area contributed by atoms with E-state index in [0.717, 1.165) is 11.8 Å². The van der Waals surface area contributed by atoms with E-state index in [0.29, 0.717) is 11.5 Å². The first kappa shape index (κ1) is 11.0. The van der Waals surface area contributed by atoms with Crippen molar-refractivity contribution in [2.45, 2.75) is 59.4 Å². The normalized spacial score (nSPS) is 22.8. The van der Waals surface area contributed by atoms with Crippen LogP contribution >= 0.6 is 0 Å². The van der Waals surface area contributed by atoms with Crippen LogP contribution in [0, 0.1) is 17.3 Å². The van der Waals surface area contributed by atoms with Crippen LogP contribution in [-0.4, -0.2) is 6.04 Å². The molecule has 0 bridgehead atoms. The van der Waals surface area contributed by atoms with Crippen LogP contribution in [0.4, 0.5) is 0 Å². The monoisotopic (exact) mass is 183 g/mol. The lowest BCUT2D eigenvalue weighted by Gasteiger charge is -2.24. The zero-order valence-electron chi connectivity index (χ0n) is 9.64. The first-order valence-corrected chi connectivity index (χ1v) is 5.66. The van der Waals surface area contributed by atoms with E-state index in [1.807, 2.05) is 0 Å². The maximum atomic E-state index is 6.17. The highest BCUT2D eigenvalue weighted by atomic mass is 14.7. The number of nitrogens with two attached hydrogens (primary N) is 1. The molecule has 0 aliphatic heterocycles. The number of hydrogen-bond acceptors (Lipinski definition) is 1. The van der Waals surface area contributed by atoms with Crippen LogP contribution in [0.15, 0.2) is 0 Å². The summed E-state index contributed by atoms with van der Waals surface area (Å²) in [5.74, 6) is 1.71. The van der Waals surface area contributed by atoms with Crippen LogP contribution in [-0.2, 0) is 0 Å². The molecule has 0 aromatic rings. The Labute approximate surface area is 83.1 Å². The molecule has 1 rings (SSSR count). The molecule has 1 nitrogen and oxygen atoms in total. The SMILES string of the molecule is CC(C(N)CCC(C)(C)C)C1CC1. The highest BCUT2D eigenvalue weighted by molar-refractivity contribution is 4.85. The second kappa shape index (κ2) is 4.00. The van der Waals surface area contributed by atoms with Gasteiger partial charge in [0, 0.05) is 6.04 Å². The van der Waals surface area contributed by atoms with Crippen LogP contribution in [0.5, 0.6) is 0 Å². The molecule has 2 unspecified atom stereocenters. The summed E-state index contributed by atoms with van der Waals surface area (Å²) in [6.45, 7) is 9.20. The molecule has 2 atom stereocenters. The molecule has 2 N–H and O–H groups in total. The molecular weight excluding hydrogens is 158 g/mol. The molecule has 1 heteroatoms. The van der Waals surface area contributed by atoms with Gasteiger partial charge in [0.2, 0.25) is 0 Å². The van der Waals surface area contributed by atoms with Crippen molar-refractivity contribution in [1.82, 2.24) is 0 Å². The van der Waals surface area contributed by atoms with Crippen LogP contribution in [0.2, 0.25) is 0 Å². The van der Waals surface area contributed by atoms with Crippen molar-refractivity contribution >= 4 is 0 Å². The molecule has 0 heterocycles. The first-order chi connectivity index (χ1) is 5.90. The van der Waals surface area contributed by atoms with Gasteiger partial charge in [0.25, 0.3) is 0 Å². The summed E-state index contributed by atoms with van der Waals surface area (Å²) in [4.78, 5) is 0. The van der Waals surface area contributed by atoms with Gasteiger partial charge in [-0.05, 0) is 42.9 Å². The predicted octanol–water partition coefficient (Wildman–Crippen LogP) is 3.19. The fourth-order valence-corrected chi connectivity index (χ4v) is 1.83. The van der Waals surface area contributed by atoms with Crippen molar-refractivity contribution in [3.63, 3.8) is 0 Å². The predicted molar refractivity (Wildman–Crippen MR) is 58.6 cm³/mol. The second-order valence-corrected chi connectivity index (χ2v) is 5.96. The molecule has 78 valence electrons. The van der Waals surface area contributed by atoms with Gasteiger partial charge in [-0.15, -0.1) is 0 Å². The van der Waals surface area contributed by atoms with Gasteiger partial charge in [-0.1, -0.05) is 27.7 Å². The van der Waals surface area contributed by atoms with Crippen molar-refractivity contribution in [3.05, 3.63) is 0 Å². The summed E-state index contributed by atoms with van der Waals surface area (Å²) < 4.78 is 0. The maximum absolute atomic E-state index is 6.17. The van der Waals surface area contributed by atoms with Gasteiger partial charge in [-0.25, -0.2) is 0 Å². The Balaban J connectivity index is 2.20. The third-order valence-corrected chi connectivity index (χ3v) is 3.27. The molecular formula is C12H25N. The van der Waals surface area contributed by atoms with Gasteiger partial charge in [0.05, 0.1) is 0 Å². The summed E-state index contributed by atoms with van der Waals surface area (Å²) in [6.07, 6.45) is 5.29. The van der Waals surface area contributed by atoms with E-state index < -0.39 is 0 Å². The molecule has 13 heavy (non-hydrogen) atoms. The van der Waals surface area contributed by atoms with Crippen molar-refractivity contribution in [1.29, 1.82) is 0 Å². The summed E-state index contributed by atoms with van der Waals surface area (Å²) in [6, 6.07) is 0.437. The van der Waals surface area contributed by atoms with Crippen LogP contribution in [0.1, 0.15) is 53.4 Å². The highest BCUT2D eigenvalue weighted by Crippen LogP contribution is 2.39. The smallest absolute Gasteiger partial charge is 0.00673 e. The topological polar surface area (TPSA) is 26.0 Å². The third-order valence-electron chi connectivity index (χ3n) is 3.27. The van der Waals surface area contributed by atoms with Crippen molar-refractivity contribution in [2.75, 3.05) is 0 Å². The Kier molecular flexibility index (Phi) is 3.39. The molecule has 1 fully saturated rings. The van der Waals surface area contributed by atoms with E-state index >= 15 is 0 Å². The molecule has 1 aliphatic rings. The molecule has 1 saturated carbocycles. The summed E-state index contributed by atoms with van der Waals surface area (Å²) in [5, 5.41) is 0. The van der Waals surface area contributed by atoms with Crippen LogP contribution in [0.25, 0.3) is 0 Å².